The monoisotopic (exact) mass is 861 g/mol. The van der Waals surface area contributed by atoms with Crippen molar-refractivity contribution in [1.29, 1.82) is 0 Å². The number of amides is 6. The van der Waals surface area contributed by atoms with Crippen molar-refractivity contribution in [3.63, 3.8) is 0 Å². The molecule has 1 aliphatic carbocycles. The number of fused-ring (bicyclic) bond motifs is 4. The molecule has 1 N–H and O–H groups in total. The number of nitrogens with zero attached hydrogens (tertiary/aromatic N) is 8. The van der Waals surface area contributed by atoms with Crippen LogP contribution in [0.4, 0.5) is 20.3 Å². The van der Waals surface area contributed by atoms with E-state index in [-0.39, 0.29) is 53.2 Å². The Kier molecular flexibility index (Phi) is 10.2. The molecule has 10 rings (SSSR count). The van der Waals surface area contributed by atoms with Crippen LogP contribution in [0.25, 0.3) is 11.1 Å². The highest BCUT2D eigenvalue weighted by Crippen LogP contribution is 2.44. The van der Waals surface area contributed by atoms with Crippen LogP contribution in [0.3, 0.4) is 0 Å². The van der Waals surface area contributed by atoms with E-state index in [1.807, 2.05) is 15.9 Å². The molecular weight excluding hydrogens is 813 g/mol. The predicted octanol–water partition coefficient (Wildman–Crippen LogP) is 5.00. The lowest BCUT2D eigenvalue weighted by molar-refractivity contribution is -0.138. The summed E-state index contributed by atoms with van der Waals surface area (Å²) < 4.78 is 33.1. The molecule has 0 radical (unpaired) electrons. The van der Waals surface area contributed by atoms with Gasteiger partial charge in [-0.2, -0.15) is 10.2 Å². The largest absolute Gasteiger partial charge is 0.338 e. The van der Waals surface area contributed by atoms with Crippen molar-refractivity contribution in [3.05, 3.63) is 81.3 Å². The molecule has 6 aliphatic rings. The SMILES string of the molecule is CC(=O)N1CCc2c(c(N3CCCc4cc(-c5cnn(C)c5)c(C(F)F)cc43)nn2CC2CCC(C(=O)N3CCc4cc5c(cc4C3)C(=O)N(C3CCC(=O)NC3=O)C5=O)CC2)C1. The van der Waals surface area contributed by atoms with Gasteiger partial charge in [-0.3, -0.25) is 48.3 Å². The minimum atomic E-state index is -2.69. The van der Waals surface area contributed by atoms with Crippen molar-refractivity contribution < 1.29 is 37.5 Å². The van der Waals surface area contributed by atoms with E-state index in [2.05, 4.69) is 20.0 Å². The minimum Gasteiger partial charge on any atom is -0.338 e. The number of piperidine rings is 1. The zero-order valence-electron chi connectivity index (χ0n) is 35.4. The van der Waals surface area contributed by atoms with Gasteiger partial charge in [0, 0.05) is 99.7 Å². The van der Waals surface area contributed by atoms with Gasteiger partial charge >= 0.3 is 0 Å². The molecule has 63 heavy (non-hydrogen) atoms. The van der Waals surface area contributed by atoms with Gasteiger partial charge in [-0.25, -0.2) is 8.78 Å². The molecule has 1 unspecified atom stereocenters. The van der Waals surface area contributed by atoms with Gasteiger partial charge < -0.3 is 14.7 Å². The number of nitrogens with one attached hydrogen (secondary N) is 1. The van der Waals surface area contributed by atoms with E-state index in [0.717, 1.165) is 64.2 Å². The van der Waals surface area contributed by atoms with Gasteiger partial charge in [-0.05, 0) is 104 Å². The fourth-order valence-corrected chi connectivity index (χ4v) is 10.8. The van der Waals surface area contributed by atoms with Gasteiger partial charge in [-0.1, -0.05) is 0 Å². The molecule has 2 fully saturated rings. The molecule has 4 aromatic rings. The minimum absolute atomic E-state index is 0.0244. The average molecular weight is 862 g/mol. The van der Waals surface area contributed by atoms with Crippen molar-refractivity contribution in [3.8, 4) is 11.1 Å². The van der Waals surface area contributed by atoms with Crippen LogP contribution in [0.5, 0.6) is 0 Å². The molecule has 2 aromatic carbocycles. The van der Waals surface area contributed by atoms with E-state index in [1.54, 1.807) is 49.2 Å². The van der Waals surface area contributed by atoms with Gasteiger partial charge in [0.25, 0.3) is 18.2 Å². The highest BCUT2D eigenvalue weighted by molar-refractivity contribution is 6.23. The van der Waals surface area contributed by atoms with Crippen LogP contribution in [0.2, 0.25) is 0 Å². The third-order valence-electron chi connectivity index (χ3n) is 14.1. The highest BCUT2D eigenvalue weighted by Gasteiger charge is 2.45. The van der Waals surface area contributed by atoms with E-state index < -0.39 is 36.1 Å². The Bertz CT molecular complexity index is 2610. The molecule has 15 nitrogen and oxygen atoms in total. The molecule has 1 saturated carbocycles. The summed E-state index contributed by atoms with van der Waals surface area (Å²) in [5, 5.41) is 11.7. The molecule has 5 aliphatic heterocycles. The fourth-order valence-electron chi connectivity index (χ4n) is 10.8. The van der Waals surface area contributed by atoms with E-state index >= 15 is 0 Å². The summed E-state index contributed by atoms with van der Waals surface area (Å²) >= 11 is 0. The number of rotatable bonds is 7. The van der Waals surface area contributed by atoms with Crippen LogP contribution < -0.4 is 10.2 Å². The lowest BCUT2D eigenvalue weighted by atomic mass is 9.81. The summed E-state index contributed by atoms with van der Waals surface area (Å²) in [7, 11) is 1.76. The van der Waals surface area contributed by atoms with Gasteiger partial charge in [0.15, 0.2) is 5.82 Å². The number of aromatic nitrogens is 4. The second-order valence-electron chi connectivity index (χ2n) is 18.0. The maximum absolute atomic E-state index is 14.7. The summed E-state index contributed by atoms with van der Waals surface area (Å²) in [6.07, 6.45) is 6.60. The maximum atomic E-state index is 14.7. The number of hydrogen-bond donors (Lipinski definition) is 1. The van der Waals surface area contributed by atoms with E-state index in [4.69, 9.17) is 5.10 Å². The topological polar surface area (TPSA) is 163 Å². The van der Waals surface area contributed by atoms with E-state index in [9.17, 15) is 37.5 Å². The van der Waals surface area contributed by atoms with Crippen LogP contribution in [0.1, 0.15) is 113 Å². The van der Waals surface area contributed by atoms with E-state index in [0.29, 0.717) is 81.9 Å². The van der Waals surface area contributed by atoms with Gasteiger partial charge in [0.2, 0.25) is 23.6 Å². The van der Waals surface area contributed by atoms with Crippen molar-refractivity contribution in [2.75, 3.05) is 24.5 Å². The molecule has 2 aromatic heterocycles. The number of halogens is 2. The molecular formula is C46H49F2N9O6. The Labute approximate surface area is 362 Å². The standard InChI is InChI=1S/C46H49F2N9O6/c1-25(58)53-15-12-37-36(24-53)42(55-13-3-4-29-17-32(31-20-49-52(2)22-31)33(41(47)48)19-39(29)55)51-56(37)21-26-5-7-27(8-6-26)44(61)54-14-11-28-16-34-35(18-30(28)23-54)46(63)57(45(34)62)38-9-10-40(59)50-43(38)60/h16-20,22,26-27,38,41H,3-15,21,23-24H2,1-2H3,(H,50,59,60). The summed E-state index contributed by atoms with van der Waals surface area (Å²) in [5.74, 6) is -1.31. The van der Waals surface area contributed by atoms with E-state index in [1.165, 1.54) is 0 Å². The van der Waals surface area contributed by atoms with Crippen LogP contribution >= 0.6 is 0 Å². The number of alkyl halides is 2. The maximum Gasteiger partial charge on any atom is 0.264 e. The number of hydrogen-bond acceptors (Lipinski definition) is 9. The highest BCUT2D eigenvalue weighted by atomic mass is 19.3. The number of imide groups is 2. The van der Waals surface area contributed by atoms with Crippen molar-refractivity contribution >= 4 is 46.9 Å². The zero-order chi connectivity index (χ0) is 43.8. The Hall–Kier alpha value is -6.26. The third-order valence-corrected chi connectivity index (χ3v) is 14.1. The van der Waals surface area contributed by atoms with Crippen molar-refractivity contribution in [1.82, 2.24) is 39.6 Å². The first-order valence-electron chi connectivity index (χ1n) is 22.0. The van der Waals surface area contributed by atoms with Crippen LogP contribution in [0.15, 0.2) is 36.7 Å². The number of anilines is 2. The average Bonchev–Trinajstić information content (AvgIpc) is 3.94. The Morgan fingerprint density at radius 3 is 2.25 bits per heavy atom. The molecule has 17 heteroatoms. The van der Waals surface area contributed by atoms with Crippen LogP contribution in [-0.2, 0) is 65.1 Å². The number of aryl methyl sites for hydroxylation is 2. The zero-order valence-corrected chi connectivity index (χ0v) is 35.4. The summed E-state index contributed by atoms with van der Waals surface area (Å²) in [6, 6.07) is 5.87. The predicted molar refractivity (Wildman–Crippen MR) is 224 cm³/mol. The second-order valence-corrected chi connectivity index (χ2v) is 18.0. The molecule has 328 valence electrons. The molecule has 1 atom stereocenters. The van der Waals surface area contributed by atoms with Crippen molar-refractivity contribution in [2.24, 2.45) is 18.9 Å². The molecule has 0 spiro atoms. The summed E-state index contributed by atoms with van der Waals surface area (Å²) in [4.78, 5) is 84.5. The van der Waals surface area contributed by atoms with Gasteiger partial charge in [-0.15, -0.1) is 0 Å². The quantitative estimate of drug-likeness (QED) is 0.252. The van der Waals surface area contributed by atoms with Crippen molar-refractivity contribution in [2.45, 2.75) is 103 Å². The normalized spacial score (nSPS) is 22.3. The third kappa shape index (κ3) is 7.18. The smallest absolute Gasteiger partial charge is 0.264 e. The Balaban J connectivity index is 0.838. The van der Waals surface area contributed by atoms with Gasteiger partial charge in [0.1, 0.15) is 6.04 Å². The fraction of sp³-hybridized carbons (Fsp3) is 0.478. The van der Waals surface area contributed by atoms with Crippen LogP contribution in [0, 0.1) is 11.8 Å². The second kappa shape index (κ2) is 15.8. The Morgan fingerprint density at radius 2 is 1.56 bits per heavy atom. The van der Waals surface area contributed by atoms with Gasteiger partial charge in [0.05, 0.1) is 23.9 Å². The summed E-state index contributed by atoms with van der Waals surface area (Å²) in [6.45, 7) is 4.60. The molecule has 0 bridgehead atoms. The first-order chi connectivity index (χ1) is 30.3. The first-order valence-corrected chi connectivity index (χ1v) is 22.0. The number of carbonyl (C=O) groups is 6. The lowest BCUT2D eigenvalue weighted by Crippen LogP contribution is -2.54. The number of benzene rings is 2. The molecule has 7 heterocycles. The van der Waals surface area contributed by atoms with Crippen LogP contribution in [-0.4, -0.2) is 95.4 Å². The molecule has 1 saturated heterocycles. The first kappa shape index (κ1) is 40.8. The number of carbonyl (C=O) groups excluding carboxylic acids is 6. The summed E-state index contributed by atoms with van der Waals surface area (Å²) in [5.41, 5.74) is 6.95. The lowest BCUT2D eigenvalue weighted by Gasteiger charge is -2.35. The molecule has 6 amide bonds. The Morgan fingerprint density at radius 1 is 0.825 bits per heavy atom.